The summed E-state index contributed by atoms with van der Waals surface area (Å²) in [7, 11) is 0. The van der Waals surface area contributed by atoms with Gasteiger partial charge in [0, 0.05) is 5.69 Å². The van der Waals surface area contributed by atoms with E-state index in [2.05, 4.69) is 5.32 Å². The van der Waals surface area contributed by atoms with Gasteiger partial charge in [-0.15, -0.1) is 11.8 Å². The number of aliphatic carboxylic acids is 1. The molecule has 2 N–H and O–H groups in total. The minimum atomic E-state index is -0.805. The first-order valence-corrected chi connectivity index (χ1v) is 7.00. The quantitative estimate of drug-likeness (QED) is 0.789. The fourth-order valence-electron chi connectivity index (χ4n) is 1.69. The van der Waals surface area contributed by atoms with Gasteiger partial charge >= 0.3 is 5.97 Å². The number of para-hydroxylation sites is 1. The Kier molecular flexibility index (Phi) is 4.86. The van der Waals surface area contributed by atoms with Crippen LogP contribution < -0.4 is 5.32 Å². The van der Waals surface area contributed by atoms with Crippen molar-refractivity contribution >= 4 is 23.4 Å². The third-order valence-electron chi connectivity index (χ3n) is 2.55. The molecule has 0 saturated carbocycles. The Bertz CT molecular complexity index is 516. The molecule has 0 fully saturated rings. The van der Waals surface area contributed by atoms with E-state index in [0.29, 0.717) is 0 Å². The summed E-state index contributed by atoms with van der Waals surface area (Å²) in [5.41, 5.74) is 2.05. The molecule has 19 heavy (non-hydrogen) atoms. The Labute approximate surface area is 116 Å². The molecule has 98 valence electrons. The minimum absolute atomic E-state index is 0.0688. The average molecular weight is 273 g/mol. The van der Waals surface area contributed by atoms with Crippen LogP contribution in [0.1, 0.15) is 10.9 Å². The number of carbonyl (C=O) groups is 1. The van der Waals surface area contributed by atoms with Gasteiger partial charge in [-0.25, -0.2) is 0 Å². The molecule has 0 aliphatic carbocycles. The van der Waals surface area contributed by atoms with Crippen molar-refractivity contribution < 1.29 is 9.90 Å². The van der Waals surface area contributed by atoms with Crippen molar-refractivity contribution in [1.29, 1.82) is 0 Å². The summed E-state index contributed by atoms with van der Waals surface area (Å²) in [6.07, 6.45) is 0. The van der Waals surface area contributed by atoms with E-state index in [0.717, 1.165) is 11.3 Å². The van der Waals surface area contributed by atoms with E-state index in [4.69, 9.17) is 5.11 Å². The lowest BCUT2D eigenvalue weighted by atomic mass is 10.2. The summed E-state index contributed by atoms with van der Waals surface area (Å²) in [5, 5.41) is 12.1. The fraction of sp³-hybridized carbons (Fsp3) is 0.133. The zero-order chi connectivity index (χ0) is 13.5. The third-order valence-corrected chi connectivity index (χ3v) is 3.68. The average Bonchev–Trinajstić information content (AvgIpc) is 2.45. The van der Waals surface area contributed by atoms with Gasteiger partial charge in [-0.05, 0) is 17.7 Å². The van der Waals surface area contributed by atoms with Crippen LogP contribution in [0.25, 0.3) is 0 Å². The fourth-order valence-corrected chi connectivity index (χ4v) is 2.57. The molecule has 2 aromatic carbocycles. The maximum Gasteiger partial charge on any atom is 0.313 e. The summed E-state index contributed by atoms with van der Waals surface area (Å²) in [6.45, 7) is 0. The topological polar surface area (TPSA) is 49.3 Å². The lowest BCUT2D eigenvalue weighted by Crippen LogP contribution is -2.10. The molecule has 0 heterocycles. The van der Waals surface area contributed by atoms with Crippen LogP contribution in [0, 0.1) is 0 Å². The van der Waals surface area contributed by atoms with Crippen molar-refractivity contribution in [2.45, 2.75) is 5.37 Å². The van der Waals surface area contributed by atoms with Gasteiger partial charge in [-0.1, -0.05) is 48.5 Å². The van der Waals surface area contributed by atoms with Crippen molar-refractivity contribution in [2.24, 2.45) is 0 Å². The van der Waals surface area contributed by atoms with Crippen LogP contribution in [-0.4, -0.2) is 16.8 Å². The van der Waals surface area contributed by atoms with Crippen LogP contribution in [-0.2, 0) is 4.79 Å². The Morgan fingerprint density at radius 2 is 1.63 bits per heavy atom. The number of thioether (sulfide) groups is 1. The molecule has 4 heteroatoms. The van der Waals surface area contributed by atoms with Crippen molar-refractivity contribution in [3.63, 3.8) is 0 Å². The van der Waals surface area contributed by atoms with Crippen molar-refractivity contribution in [2.75, 3.05) is 11.1 Å². The molecular weight excluding hydrogens is 258 g/mol. The zero-order valence-electron chi connectivity index (χ0n) is 10.3. The highest BCUT2D eigenvalue weighted by Gasteiger charge is 2.13. The Morgan fingerprint density at radius 3 is 2.21 bits per heavy atom. The lowest BCUT2D eigenvalue weighted by molar-refractivity contribution is -0.133. The number of carboxylic acid groups (broad SMARTS) is 1. The maximum absolute atomic E-state index is 10.7. The van der Waals surface area contributed by atoms with E-state index < -0.39 is 5.97 Å². The second-order valence-corrected chi connectivity index (χ2v) is 5.10. The number of hydrogen-bond donors (Lipinski definition) is 2. The SMILES string of the molecule is O=C(O)CS[C@@H](Nc1ccccc1)c1ccccc1. The Balaban J connectivity index is 2.12. The number of benzene rings is 2. The minimum Gasteiger partial charge on any atom is -0.481 e. The molecule has 2 aromatic rings. The molecule has 3 nitrogen and oxygen atoms in total. The highest BCUT2D eigenvalue weighted by Crippen LogP contribution is 2.29. The highest BCUT2D eigenvalue weighted by atomic mass is 32.2. The van der Waals surface area contributed by atoms with Crippen LogP contribution in [0.15, 0.2) is 60.7 Å². The van der Waals surface area contributed by atoms with E-state index >= 15 is 0 Å². The van der Waals surface area contributed by atoms with Gasteiger partial charge in [-0.2, -0.15) is 0 Å². The van der Waals surface area contributed by atoms with Gasteiger partial charge in [0.1, 0.15) is 0 Å². The summed E-state index contributed by atoms with van der Waals surface area (Å²) in [4.78, 5) is 10.7. The van der Waals surface area contributed by atoms with E-state index in [1.165, 1.54) is 11.8 Å². The zero-order valence-corrected chi connectivity index (χ0v) is 11.1. The molecule has 1 atom stereocenters. The summed E-state index contributed by atoms with van der Waals surface area (Å²) >= 11 is 1.37. The highest BCUT2D eigenvalue weighted by molar-refractivity contribution is 8.00. The van der Waals surface area contributed by atoms with Crippen LogP contribution in [0.3, 0.4) is 0 Å². The predicted molar refractivity (Wildman–Crippen MR) is 79.3 cm³/mol. The molecule has 0 bridgehead atoms. The van der Waals surface area contributed by atoms with Crippen LogP contribution in [0.5, 0.6) is 0 Å². The van der Waals surface area contributed by atoms with Crippen LogP contribution >= 0.6 is 11.8 Å². The van der Waals surface area contributed by atoms with E-state index in [-0.39, 0.29) is 11.1 Å². The van der Waals surface area contributed by atoms with Crippen LogP contribution in [0.4, 0.5) is 5.69 Å². The molecule has 0 radical (unpaired) electrons. The molecule has 0 aromatic heterocycles. The number of carboxylic acids is 1. The van der Waals surface area contributed by atoms with Gasteiger partial charge in [0.2, 0.25) is 0 Å². The Hall–Kier alpha value is -1.94. The number of nitrogens with one attached hydrogen (secondary N) is 1. The number of rotatable bonds is 6. The molecule has 2 rings (SSSR count). The second-order valence-electron chi connectivity index (χ2n) is 4.01. The van der Waals surface area contributed by atoms with E-state index in [9.17, 15) is 4.79 Å². The summed E-state index contributed by atoms with van der Waals surface area (Å²) < 4.78 is 0. The normalized spacial score (nSPS) is 11.8. The van der Waals surface area contributed by atoms with E-state index in [1.807, 2.05) is 60.7 Å². The number of anilines is 1. The van der Waals surface area contributed by atoms with Gasteiger partial charge < -0.3 is 10.4 Å². The van der Waals surface area contributed by atoms with Crippen LogP contribution in [0.2, 0.25) is 0 Å². The maximum atomic E-state index is 10.7. The Morgan fingerprint density at radius 1 is 1.05 bits per heavy atom. The smallest absolute Gasteiger partial charge is 0.313 e. The van der Waals surface area contributed by atoms with Gasteiger partial charge in [0.05, 0.1) is 11.1 Å². The molecule has 0 unspecified atom stereocenters. The molecule has 0 amide bonds. The van der Waals surface area contributed by atoms with Crippen molar-refractivity contribution in [3.8, 4) is 0 Å². The standard InChI is InChI=1S/C15H15NO2S/c17-14(18)11-19-15(12-7-3-1-4-8-12)16-13-9-5-2-6-10-13/h1-10,15-16H,11H2,(H,17,18)/t15-/m1/s1. The summed E-state index contributed by atoms with van der Waals surface area (Å²) in [6, 6.07) is 19.6. The second kappa shape index (κ2) is 6.85. The first-order valence-electron chi connectivity index (χ1n) is 5.95. The first kappa shape index (κ1) is 13.5. The third kappa shape index (κ3) is 4.34. The number of hydrogen-bond acceptors (Lipinski definition) is 3. The first-order chi connectivity index (χ1) is 9.25. The molecular formula is C15H15NO2S. The van der Waals surface area contributed by atoms with Gasteiger partial charge in [0.25, 0.3) is 0 Å². The monoisotopic (exact) mass is 273 g/mol. The van der Waals surface area contributed by atoms with Crippen molar-refractivity contribution in [3.05, 3.63) is 66.2 Å². The lowest BCUT2D eigenvalue weighted by Gasteiger charge is -2.19. The van der Waals surface area contributed by atoms with E-state index in [1.54, 1.807) is 0 Å². The molecule has 0 aliphatic heterocycles. The van der Waals surface area contributed by atoms with Gasteiger partial charge in [0.15, 0.2) is 0 Å². The predicted octanol–water partition coefficient (Wildman–Crippen LogP) is 3.62. The molecule has 0 aliphatic rings. The van der Waals surface area contributed by atoms with Crippen molar-refractivity contribution in [1.82, 2.24) is 0 Å². The molecule has 0 saturated heterocycles. The molecule has 0 spiro atoms. The largest absolute Gasteiger partial charge is 0.481 e. The van der Waals surface area contributed by atoms with Gasteiger partial charge in [-0.3, -0.25) is 4.79 Å². The summed E-state index contributed by atoms with van der Waals surface area (Å²) in [5.74, 6) is -0.736.